The number of fused-ring (bicyclic) bond motifs is 1. The van der Waals surface area contributed by atoms with Crippen molar-refractivity contribution >= 4 is 12.1 Å². The molecule has 2 rings (SSSR count). The van der Waals surface area contributed by atoms with Crippen LogP contribution in [0.5, 0.6) is 0 Å². The predicted molar refractivity (Wildman–Crippen MR) is 50.4 cm³/mol. The summed E-state index contributed by atoms with van der Waals surface area (Å²) in [6.45, 7) is 5.33. The lowest BCUT2D eigenvalue weighted by Crippen LogP contribution is -2.26. The molecule has 3 heteroatoms. The second kappa shape index (κ2) is 2.73. The molecule has 2 heterocycles. The lowest BCUT2D eigenvalue weighted by molar-refractivity contribution is 0.398. The van der Waals surface area contributed by atoms with Gasteiger partial charge in [-0.25, -0.2) is 5.01 Å². The van der Waals surface area contributed by atoms with E-state index in [-0.39, 0.29) is 0 Å². The minimum Gasteiger partial charge on any atom is -0.261 e. The van der Waals surface area contributed by atoms with Crippen LogP contribution in [-0.2, 0) is 0 Å². The Morgan fingerprint density at radius 1 is 1.58 bits per heavy atom. The van der Waals surface area contributed by atoms with Crippen LogP contribution in [0.3, 0.4) is 0 Å². The Labute approximate surface area is 72.5 Å². The molecule has 0 aliphatic carbocycles. The van der Waals surface area contributed by atoms with E-state index in [4.69, 9.17) is 0 Å². The third-order valence-electron chi connectivity index (χ3n) is 2.23. The second-order valence-electron chi connectivity index (χ2n) is 3.50. The summed E-state index contributed by atoms with van der Waals surface area (Å²) in [5.74, 6) is 1.61. The largest absolute Gasteiger partial charge is 0.261 e. The highest BCUT2D eigenvalue weighted by Crippen LogP contribution is 2.18. The number of amidine groups is 1. The molecule has 3 nitrogen and oxygen atoms in total. The Bertz CT molecular complexity index is 263. The van der Waals surface area contributed by atoms with Crippen molar-refractivity contribution in [3.05, 3.63) is 12.2 Å². The van der Waals surface area contributed by atoms with Crippen LogP contribution >= 0.6 is 0 Å². The smallest absolute Gasteiger partial charge is 0.144 e. The van der Waals surface area contributed by atoms with E-state index in [2.05, 4.69) is 23.9 Å². The van der Waals surface area contributed by atoms with Crippen molar-refractivity contribution in [1.82, 2.24) is 5.01 Å². The standard InChI is InChI=1S/C9H13N3/c1-7(2)8-6-12-9(11-8)4-3-5-10-12/h3-5,7-8H,6H2,1-2H3. The van der Waals surface area contributed by atoms with E-state index < -0.39 is 0 Å². The summed E-state index contributed by atoms with van der Waals surface area (Å²) in [5.41, 5.74) is 0. The van der Waals surface area contributed by atoms with Gasteiger partial charge < -0.3 is 0 Å². The lowest BCUT2D eigenvalue weighted by atomic mass is 10.1. The molecule has 0 bridgehead atoms. The number of aliphatic imine (C=N–C) groups is 1. The van der Waals surface area contributed by atoms with Crippen LogP contribution in [0, 0.1) is 5.92 Å². The van der Waals surface area contributed by atoms with Gasteiger partial charge in [0.25, 0.3) is 0 Å². The molecule has 1 unspecified atom stereocenters. The van der Waals surface area contributed by atoms with Crippen molar-refractivity contribution in [2.45, 2.75) is 19.9 Å². The molecule has 0 saturated heterocycles. The molecule has 0 spiro atoms. The molecule has 0 aromatic rings. The zero-order chi connectivity index (χ0) is 8.55. The molecule has 2 aliphatic heterocycles. The molecule has 0 amide bonds. The summed E-state index contributed by atoms with van der Waals surface area (Å²) in [7, 11) is 0. The molecule has 0 N–H and O–H groups in total. The molecular formula is C9H13N3. The molecule has 1 atom stereocenters. The van der Waals surface area contributed by atoms with Gasteiger partial charge >= 0.3 is 0 Å². The van der Waals surface area contributed by atoms with Gasteiger partial charge in [-0.3, -0.25) is 4.99 Å². The normalized spacial score (nSPS) is 26.4. The van der Waals surface area contributed by atoms with Gasteiger partial charge in [-0.2, -0.15) is 5.10 Å². The summed E-state index contributed by atoms with van der Waals surface area (Å²) in [6, 6.07) is 0.417. The fourth-order valence-corrected chi connectivity index (χ4v) is 1.39. The van der Waals surface area contributed by atoms with Gasteiger partial charge in [0.05, 0.1) is 12.6 Å². The average Bonchev–Trinajstić information content (AvgIpc) is 2.46. The van der Waals surface area contributed by atoms with Gasteiger partial charge in [-0.05, 0) is 18.1 Å². The average molecular weight is 163 g/mol. The molecule has 0 radical (unpaired) electrons. The summed E-state index contributed by atoms with van der Waals surface area (Å²) in [5, 5.41) is 6.18. The maximum atomic E-state index is 4.55. The molecule has 2 aliphatic rings. The maximum Gasteiger partial charge on any atom is 0.144 e. The van der Waals surface area contributed by atoms with Crippen molar-refractivity contribution in [3.63, 3.8) is 0 Å². The van der Waals surface area contributed by atoms with Crippen LogP contribution in [0.4, 0.5) is 0 Å². The first-order chi connectivity index (χ1) is 5.77. The second-order valence-corrected chi connectivity index (χ2v) is 3.50. The molecular weight excluding hydrogens is 150 g/mol. The highest BCUT2D eigenvalue weighted by molar-refractivity contribution is 5.99. The van der Waals surface area contributed by atoms with Crippen LogP contribution < -0.4 is 0 Å². The summed E-state index contributed by atoms with van der Waals surface area (Å²) < 4.78 is 0. The van der Waals surface area contributed by atoms with Crippen molar-refractivity contribution < 1.29 is 0 Å². The number of rotatable bonds is 1. The van der Waals surface area contributed by atoms with Crippen LogP contribution in [0.2, 0.25) is 0 Å². The SMILES string of the molecule is CC(C)C1CN2N=CC=CC2=N1. The lowest BCUT2D eigenvalue weighted by Gasteiger charge is -2.15. The summed E-state index contributed by atoms with van der Waals surface area (Å²) in [4.78, 5) is 4.55. The zero-order valence-electron chi connectivity index (χ0n) is 7.44. The van der Waals surface area contributed by atoms with Crippen LogP contribution in [-0.4, -0.2) is 29.6 Å². The van der Waals surface area contributed by atoms with Crippen molar-refractivity contribution in [2.75, 3.05) is 6.54 Å². The Morgan fingerprint density at radius 2 is 2.42 bits per heavy atom. The molecule has 12 heavy (non-hydrogen) atoms. The van der Waals surface area contributed by atoms with E-state index in [1.165, 1.54) is 0 Å². The first-order valence-electron chi connectivity index (χ1n) is 4.33. The molecule has 0 aromatic heterocycles. The fraction of sp³-hybridized carbons (Fsp3) is 0.556. The van der Waals surface area contributed by atoms with E-state index in [1.54, 1.807) is 0 Å². The van der Waals surface area contributed by atoms with E-state index in [1.807, 2.05) is 23.4 Å². The van der Waals surface area contributed by atoms with Gasteiger partial charge in [0.15, 0.2) is 0 Å². The van der Waals surface area contributed by atoms with Crippen LogP contribution in [0.15, 0.2) is 22.2 Å². The Kier molecular flexibility index (Phi) is 1.71. The predicted octanol–water partition coefficient (Wildman–Crippen LogP) is 1.28. The highest BCUT2D eigenvalue weighted by atomic mass is 15.5. The van der Waals surface area contributed by atoms with E-state index in [0.29, 0.717) is 12.0 Å². The number of nitrogens with zero attached hydrogens (tertiary/aromatic N) is 3. The van der Waals surface area contributed by atoms with Gasteiger partial charge in [-0.15, -0.1) is 0 Å². The maximum absolute atomic E-state index is 4.55. The number of hydrogen-bond acceptors (Lipinski definition) is 3. The topological polar surface area (TPSA) is 28.0 Å². The Morgan fingerprint density at radius 3 is 3.08 bits per heavy atom. The minimum absolute atomic E-state index is 0.417. The minimum atomic E-state index is 0.417. The summed E-state index contributed by atoms with van der Waals surface area (Å²) >= 11 is 0. The van der Waals surface area contributed by atoms with E-state index >= 15 is 0 Å². The fourth-order valence-electron chi connectivity index (χ4n) is 1.39. The zero-order valence-corrected chi connectivity index (χ0v) is 7.44. The van der Waals surface area contributed by atoms with Crippen LogP contribution in [0.1, 0.15) is 13.8 Å². The third kappa shape index (κ3) is 1.15. The Hall–Kier alpha value is -1.12. The van der Waals surface area contributed by atoms with Gasteiger partial charge in [-0.1, -0.05) is 13.8 Å². The molecule has 0 aromatic carbocycles. The van der Waals surface area contributed by atoms with Gasteiger partial charge in [0, 0.05) is 6.21 Å². The monoisotopic (exact) mass is 163 g/mol. The van der Waals surface area contributed by atoms with Crippen molar-refractivity contribution in [3.8, 4) is 0 Å². The first kappa shape index (κ1) is 7.53. The number of hydrogen-bond donors (Lipinski definition) is 0. The summed E-state index contributed by atoms with van der Waals surface area (Å²) in [6.07, 6.45) is 5.75. The van der Waals surface area contributed by atoms with E-state index in [0.717, 1.165) is 12.4 Å². The van der Waals surface area contributed by atoms with Crippen LogP contribution in [0.25, 0.3) is 0 Å². The molecule has 0 fully saturated rings. The highest BCUT2D eigenvalue weighted by Gasteiger charge is 2.25. The molecule has 0 saturated carbocycles. The van der Waals surface area contributed by atoms with Gasteiger partial charge in [0.2, 0.25) is 0 Å². The van der Waals surface area contributed by atoms with Crippen molar-refractivity contribution in [2.24, 2.45) is 16.0 Å². The number of hydrazone groups is 1. The van der Waals surface area contributed by atoms with Crippen molar-refractivity contribution in [1.29, 1.82) is 0 Å². The van der Waals surface area contributed by atoms with Gasteiger partial charge in [0.1, 0.15) is 5.84 Å². The van der Waals surface area contributed by atoms with E-state index in [9.17, 15) is 0 Å². The number of allylic oxidation sites excluding steroid dienone is 1. The molecule has 64 valence electrons. The Balaban J connectivity index is 2.17. The quantitative estimate of drug-likeness (QED) is 0.572. The first-order valence-corrected chi connectivity index (χ1v) is 4.33. The third-order valence-corrected chi connectivity index (χ3v) is 2.23.